The van der Waals surface area contributed by atoms with E-state index in [1.807, 2.05) is 30.3 Å². The van der Waals surface area contributed by atoms with Crippen LogP contribution in [0.15, 0.2) is 84.7 Å². The van der Waals surface area contributed by atoms with Crippen LogP contribution in [0.25, 0.3) is 16.7 Å². The number of para-hydroxylation sites is 1. The number of Topliss-reactive ketones (excluding diaryl/α,β-unsaturated/α-hetero) is 1. The number of ether oxygens (including phenoxy) is 1. The number of hydrogen-bond donors (Lipinski definition) is 2. The van der Waals surface area contributed by atoms with E-state index in [0.717, 1.165) is 10.9 Å². The normalized spacial score (nSPS) is 17.6. The molecule has 164 valence electrons. The van der Waals surface area contributed by atoms with Crippen LogP contribution in [0.3, 0.4) is 0 Å². The number of rotatable bonds is 5. The Morgan fingerprint density at radius 3 is 2.55 bits per heavy atom. The van der Waals surface area contributed by atoms with Crippen LogP contribution in [-0.2, 0) is 16.1 Å². The summed E-state index contributed by atoms with van der Waals surface area (Å²) in [4.78, 5) is 35.2. The van der Waals surface area contributed by atoms with Gasteiger partial charge in [0.25, 0.3) is 11.7 Å². The van der Waals surface area contributed by atoms with E-state index in [2.05, 4.69) is 9.97 Å². The molecule has 1 atom stereocenters. The average Bonchev–Trinajstić information content (AvgIpc) is 3.39. The van der Waals surface area contributed by atoms with Crippen LogP contribution in [0.5, 0.6) is 5.75 Å². The number of aromatic nitrogens is 2. The molecule has 1 aliphatic rings. The predicted molar refractivity (Wildman–Crippen MR) is 123 cm³/mol. The average molecular weight is 439 g/mol. The lowest BCUT2D eigenvalue weighted by Crippen LogP contribution is -2.29. The second-order valence-corrected chi connectivity index (χ2v) is 7.77. The summed E-state index contributed by atoms with van der Waals surface area (Å²) >= 11 is 0. The molecule has 0 bridgehead atoms. The van der Waals surface area contributed by atoms with Gasteiger partial charge in [0.15, 0.2) is 0 Å². The maximum absolute atomic E-state index is 13.2. The molecule has 33 heavy (non-hydrogen) atoms. The number of aromatic amines is 1. The van der Waals surface area contributed by atoms with Gasteiger partial charge in [-0.25, -0.2) is 0 Å². The molecule has 5 rings (SSSR count). The largest absolute Gasteiger partial charge is 0.507 e. The maximum Gasteiger partial charge on any atom is 0.296 e. The maximum atomic E-state index is 13.2. The Labute approximate surface area is 190 Å². The molecule has 0 saturated carbocycles. The van der Waals surface area contributed by atoms with Crippen molar-refractivity contribution in [2.24, 2.45) is 0 Å². The zero-order chi connectivity index (χ0) is 22.9. The fourth-order valence-electron chi connectivity index (χ4n) is 4.25. The van der Waals surface area contributed by atoms with E-state index in [-0.39, 0.29) is 17.9 Å². The third-order valence-electron chi connectivity index (χ3n) is 5.87. The van der Waals surface area contributed by atoms with Gasteiger partial charge in [-0.05, 0) is 35.9 Å². The van der Waals surface area contributed by atoms with E-state index in [0.29, 0.717) is 22.6 Å². The molecule has 1 aliphatic heterocycles. The molecule has 2 N–H and O–H groups in total. The molecule has 3 heterocycles. The van der Waals surface area contributed by atoms with Gasteiger partial charge in [-0.2, -0.15) is 0 Å². The summed E-state index contributed by atoms with van der Waals surface area (Å²) in [6.07, 6.45) is 3.29. The van der Waals surface area contributed by atoms with Crippen molar-refractivity contribution in [3.63, 3.8) is 0 Å². The smallest absolute Gasteiger partial charge is 0.296 e. The highest BCUT2D eigenvalue weighted by molar-refractivity contribution is 6.46. The second-order valence-electron chi connectivity index (χ2n) is 7.77. The summed E-state index contributed by atoms with van der Waals surface area (Å²) in [6, 6.07) is 19.2. The van der Waals surface area contributed by atoms with Gasteiger partial charge in [0.05, 0.1) is 31.0 Å². The molecule has 0 radical (unpaired) electrons. The van der Waals surface area contributed by atoms with Gasteiger partial charge in [0, 0.05) is 28.9 Å². The summed E-state index contributed by atoms with van der Waals surface area (Å²) in [5.41, 5.74) is 2.67. The number of methoxy groups -OCH3 is 1. The summed E-state index contributed by atoms with van der Waals surface area (Å²) in [6.45, 7) is 0.132. The number of pyridine rings is 1. The molecule has 1 amide bonds. The Balaban J connectivity index is 1.68. The van der Waals surface area contributed by atoms with Crippen LogP contribution in [0.2, 0.25) is 0 Å². The van der Waals surface area contributed by atoms with Gasteiger partial charge >= 0.3 is 0 Å². The highest BCUT2D eigenvalue weighted by Crippen LogP contribution is 2.41. The fraction of sp³-hybridized carbons (Fsp3) is 0.115. The van der Waals surface area contributed by atoms with Crippen molar-refractivity contribution in [2.75, 3.05) is 7.11 Å². The molecule has 7 heteroatoms. The van der Waals surface area contributed by atoms with Gasteiger partial charge in [-0.15, -0.1) is 0 Å². The number of nitrogens with one attached hydrogen (secondary N) is 1. The monoisotopic (exact) mass is 439 g/mol. The lowest BCUT2D eigenvalue weighted by atomic mass is 9.95. The SMILES string of the molecule is COc1ccc(C2/C(=C(/O)c3c[nH]c4ccccc34)C(=O)C(=O)N2Cc2ccccn2)cc1. The van der Waals surface area contributed by atoms with E-state index >= 15 is 0 Å². The highest BCUT2D eigenvalue weighted by atomic mass is 16.5. The summed E-state index contributed by atoms with van der Waals surface area (Å²) in [7, 11) is 1.57. The lowest BCUT2D eigenvalue weighted by Gasteiger charge is -2.25. The minimum atomic E-state index is -0.772. The first-order valence-electron chi connectivity index (χ1n) is 10.5. The van der Waals surface area contributed by atoms with Crippen molar-refractivity contribution < 1.29 is 19.4 Å². The van der Waals surface area contributed by atoms with Crippen molar-refractivity contribution >= 4 is 28.4 Å². The van der Waals surface area contributed by atoms with Crippen molar-refractivity contribution in [3.8, 4) is 5.75 Å². The van der Waals surface area contributed by atoms with Gasteiger partial charge < -0.3 is 19.7 Å². The Hall–Kier alpha value is -4.39. The third kappa shape index (κ3) is 3.53. The first-order chi connectivity index (χ1) is 16.1. The van der Waals surface area contributed by atoms with E-state index in [1.165, 1.54) is 4.90 Å². The van der Waals surface area contributed by atoms with E-state index in [1.54, 1.807) is 55.9 Å². The second kappa shape index (κ2) is 8.27. The van der Waals surface area contributed by atoms with Crippen LogP contribution in [-0.4, -0.2) is 38.8 Å². The number of benzene rings is 2. The number of likely N-dealkylation sites (tertiary alicyclic amines) is 1. The Kier molecular flexibility index (Phi) is 5.14. The van der Waals surface area contributed by atoms with Gasteiger partial charge in [0.2, 0.25) is 0 Å². The van der Waals surface area contributed by atoms with Crippen LogP contribution in [0, 0.1) is 0 Å². The first-order valence-corrected chi connectivity index (χ1v) is 10.5. The minimum Gasteiger partial charge on any atom is -0.507 e. The molecular formula is C26H21N3O4. The molecule has 4 aromatic rings. The molecule has 1 fully saturated rings. The predicted octanol–water partition coefficient (Wildman–Crippen LogP) is 4.19. The van der Waals surface area contributed by atoms with E-state index in [9.17, 15) is 14.7 Å². The van der Waals surface area contributed by atoms with Crippen LogP contribution in [0.4, 0.5) is 0 Å². The quantitative estimate of drug-likeness (QED) is 0.276. The van der Waals surface area contributed by atoms with Crippen LogP contribution < -0.4 is 4.74 Å². The highest BCUT2D eigenvalue weighted by Gasteiger charge is 2.46. The first kappa shape index (κ1) is 20.5. The molecule has 2 aromatic heterocycles. The van der Waals surface area contributed by atoms with Crippen molar-refractivity contribution in [2.45, 2.75) is 12.6 Å². The molecular weight excluding hydrogens is 418 g/mol. The Bertz CT molecular complexity index is 1370. The summed E-state index contributed by atoms with van der Waals surface area (Å²) in [5.74, 6) is -0.968. The Morgan fingerprint density at radius 2 is 1.82 bits per heavy atom. The van der Waals surface area contributed by atoms with E-state index in [4.69, 9.17) is 4.74 Å². The third-order valence-corrected chi connectivity index (χ3v) is 5.87. The number of ketones is 1. The number of nitrogens with zero attached hydrogens (tertiary/aromatic N) is 2. The van der Waals surface area contributed by atoms with Crippen molar-refractivity contribution in [1.29, 1.82) is 0 Å². The number of H-pyrrole nitrogens is 1. The Morgan fingerprint density at radius 1 is 1.06 bits per heavy atom. The van der Waals surface area contributed by atoms with Crippen molar-refractivity contribution in [3.05, 3.63) is 102 Å². The fourth-order valence-corrected chi connectivity index (χ4v) is 4.25. The molecule has 1 unspecified atom stereocenters. The number of fused-ring (bicyclic) bond motifs is 1. The zero-order valence-electron chi connectivity index (χ0n) is 17.9. The summed E-state index contributed by atoms with van der Waals surface area (Å²) < 4.78 is 5.25. The number of carbonyl (C=O) groups excluding carboxylic acids is 2. The van der Waals surface area contributed by atoms with Crippen LogP contribution in [0.1, 0.15) is 22.9 Å². The number of aliphatic hydroxyl groups is 1. The number of carbonyl (C=O) groups is 2. The van der Waals surface area contributed by atoms with Crippen LogP contribution >= 0.6 is 0 Å². The lowest BCUT2D eigenvalue weighted by molar-refractivity contribution is -0.140. The molecule has 2 aromatic carbocycles. The van der Waals surface area contributed by atoms with E-state index < -0.39 is 17.7 Å². The summed E-state index contributed by atoms with van der Waals surface area (Å²) in [5, 5.41) is 12.1. The topological polar surface area (TPSA) is 95.5 Å². The molecule has 0 spiro atoms. The number of amides is 1. The van der Waals surface area contributed by atoms with Gasteiger partial charge in [-0.1, -0.05) is 36.4 Å². The molecule has 0 aliphatic carbocycles. The number of hydrogen-bond acceptors (Lipinski definition) is 5. The zero-order valence-corrected chi connectivity index (χ0v) is 17.9. The van der Waals surface area contributed by atoms with Gasteiger partial charge in [0.1, 0.15) is 11.5 Å². The standard InChI is InChI=1S/C26H21N3O4/c1-33-18-11-9-16(10-12-18)23-22(24(30)20-14-28-21-8-3-2-7-19(20)21)25(31)26(32)29(23)15-17-6-4-5-13-27-17/h2-14,23,28,30H,15H2,1H3/b24-22-. The van der Waals surface area contributed by atoms with Crippen molar-refractivity contribution in [1.82, 2.24) is 14.9 Å². The van der Waals surface area contributed by atoms with Gasteiger partial charge in [-0.3, -0.25) is 14.6 Å². The minimum absolute atomic E-state index is 0.0471. The number of aliphatic hydroxyl groups excluding tert-OH is 1. The molecule has 7 nitrogen and oxygen atoms in total. The molecule has 1 saturated heterocycles.